The van der Waals surface area contributed by atoms with Crippen LogP contribution in [0.4, 0.5) is 5.82 Å². The second-order valence-corrected chi connectivity index (χ2v) is 5.77. The zero-order chi connectivity index (χ0) is 18.5. The number of ether oxygens (including phenoxy) is 2. The highest BCUT2D eigenvalue weighted by atomic mass is 16.5. The Kier molecular flexibility index (Phi) is 5.17. The van der Waals surface area contributed by atoms with Crippen molar-refractivity contribution in [1.82, 2.24) is 4.98 Å². The molecule has 0 aliphatic carbocycles. The summed E-state index contributed by atoms with van der Waals surface area (Å²) in [6, 6.07) is 16.7. The van der Waals surface area contributed by atoms with E-state index in [1.54, 1.807) is 32.5 Å². The number of anilines is 1. The molecule has 3 rings (SSSR count). The van der Waals surface area contributed by atoms with Crippen LogP contribution in [0, 0.1) is 6.92 Å². The number of rotatable bonds is 5. The number of nitrogens with one attached hydrogen (secondary N) is 1. The summed E-state index contributed by atoms with van der Waals surface area (Å²) in [4.78, 5) is 16.7. The lowest BCUT2D eigenvalue weighted by Gasteiger charge is -2.11. The zero-order valence-corrected chi connectivity index (χ0v) is 14.9. The molecule has 0 saturated carbocycles. The van der Waals surface area contributed by atoms with Crippen molar-refractivity contribution >= 4 is 11.7 Å². The molecule has 0 atom stereocenters. The maximum absolute atomic E-state index is 12.4. The van der Waals surface area contributed by atoms with Crippen molar-refractivity contribution in [2.24, 2.45) is 0 Å². The second-order valence-electron chi connectivity index (χ2n) is 5.77. The fourth-order valence-electron chi connectivity index (χ4n) is 2.68. The lowest BCUT2D eigenvalue weighted by atomic mass is 10.1. The van der Waals surface area contributed by atoms with Crippen LogP contribution in [-0.2, 0) is 0 Å². The van der Waals surface area contributed by atoms with E-state index >= 15 is 0 Å². The molecule has 0 radical (unpaired) electrons. The summed E-state index contributed by atoms with van der Waals surface area (Å²) in [5, 5.41) is 2.82. The van der Waals surface area contributed by atoms with Crippen molar-refractivity contribution in [1.29, 1.82) is 0 Å². The molecule has 5 nitrogen and oxygen atoms in total. The number of methoxy groups -OCH3 is 2. The molecule has 0 aliphatic heterocycles. The van der Waals surface area contributed by atoms with Crippen molar-refractivity contribution in [2.45, 2.75) is 6.92 Å². The molecule has 0 saturated heterocycles. The number of amides is 1. The van der Waals surface area contributed by atoms with Gasteiger partial charge in [0.1, 0.15) is 17.3 Å². The number of aryl methyl sites for hydroxylation is 1. The molecule has 1 heterocycles. The van der Waals surface area contributed by atoms with E-state index in [0.29, 0.717) is 11.4 Å². The van der Waals surface area contributed by atoms with Gasteiger partial charge in [0.2, 0.25) is 0 Å². The highest BCUT2D eigenvalue weighted by Gasteiger charge is 2.11. The Hall–Kier alpha value is -3.34. The Morgan fingerprint density at radius 3 is 2.46 bits per heavy atom. The second kappa shape index (κ2) is 7.70. The van der Waals surface area contributed by atoms with Gasteiger partial charge >= 0.3 is 0 Å². The van der Waals surface area contributed by atoms with E-state index in [4.69, 9.17) is 9.47 Å². The van der Waals surface area contributed by atoms with Gasteiger partial charge in [-0.15, -0.1) is 0 Å². The van der Waals surface area contributed by atoms with Gasteiger partial charge < -0.3 is 14.8 Å². The summed E-state index contributed by atoms with van der Waals surface area (Å²) >= 11 is 0. The highest BCUT2D eigenvalue weighted by Crippen LogP contribution is 2.33. The molecule has 2 aromatic carbocycles. The molecule has 1 amide bonds. The van der Waals surface area contributed by atoms with Crippen molar-refractivity contribution < 1.29 is 14.3 Å². The predicted molar refractivity (Wildman–Crippen MR) is 102 cm³/mol. The number of carbonyl (C=O) groups excluding carboxylic acids is 1. The van der Waals surface area contributed by atoms with E-state index in [1.807, 2.05) is 49.4 Å². The molecule has 0 aliphatic rings. The van der Waals surface area contributed by atoms with Crippen molar-refractivity contribution in [3.8, 4) is 22.6 Å². The first-order valence-corrected chi connectivity index (χ1v) is 8.18. The summed E-state index contributed by atoms with van der Waals surface area (Å²) in [6.07, 6.45) is 1.70. The first kappa shape index (κ1) is 17.5. The van der Waals surface area contributed by atoms with E-state index in [-0.39, 0.29) is 5.91 Å². The Morgan fingerprint density at radius 1 is 1.00 bits per heavy atom. The van der Waals surface area contributed by atoms with Gasteiger partial charge in [-0.05, 0) is 48.9 Å². The highest BCUT2D eigenvalue weighted by molar-refractivity contribution is 6.04. The van der Waals surface area contributed by atoms with Gasteiger partial charge in [-0.1, -0.05) is 18.2 Å². The van der Waals surface area contributed by atoms with E-state index in [2.05, 4.69) is 10.3 Å². The molecular weight excluding hydrogens is 328 g/mol. The Labute approximate surface area is 152 Å². The van der Waals surface area contributed by atoms with E-state index in [1.165, 1.54) is 0 Å². The maximum Gasteiger partial charge on any atom is 0.257 e. The third kappa shape index (κ3) is 3.67. The quantitative estimate of drug-likeness (QED) is 0.746. The SMILES string of the molecule is COc1ccc(OC)c(-c2ccc(NC(=O)c3ccccc3C)nc2)c1. The molecule has 0 unspecified atom stereocenters. The molecule has 1 N–H and O–H groups in total. The third-order valence-electron chi connectivity index (χ3n) is 4.11. The number of benzene rings is 2. The molecule has 1 aromatic heterocycles. The lowest BCUT2D eigenvalue weighted by Crippen LogP contribution is -2.14. The number of aromatic nitrogens is 1. The fraction of sp³-hybridized carbons (Fsp3) is 0.143. The Bertz CT molecular complexity index is 921. The van der Waals surface area contributed by atoms with Crippen molar-refractivity contribution in [3.05, 3.63) is 71.9 Å². The van der Waals surface area contributed by atoms with Gasteiger partial charge in [-0.3, -0.25) is 4.79 Å². The maximum atomic E-state index is 12.4. The van der Waals surface area contributed by atoms with Gasteiger partial charge in [-0.2, -0.15) is 0 Å². The van der Waals surface area contributed by atoms with Crippen LogP contribution in [0.5, 0.6) is 11.5 Å². The van der Waals surface area contributed by atoms with Crippen LogP contribution in [0.15, 0.2) is 60.8 Å². The molecule has 0 bridgehead atoms. The van der Waals surface area contributed by atoms with E-state index in [9.17, 15) is 4.79 Å². The molecular formula is C21H20N2O3. The van der Waals surface area contributed by atoms with E-state index < -0.39 is 0 Å². The lowest BCUT2D eigenvalue weighted by molar-refractivity contribution is 0.102. The predicted octanol–water partition coefficient (Wildman–Crippen LogP) is 4.33. The largest absolute Gasteiger partial charge is 0.497 e. The van der Waals surface area contributed by atoms with Crippen LogP contribution in [0.2, 0.25) is 0 Å². The number of hydrogen-bond donors (Lipinski definition) is 1. The molecule has 3 aromatic rings. The number of carbonyl (C=O) groups is 1. The minimum absolute atomic E-state index is 0.178. The Balaban J connectivity index is 1.83. The molecule has 0 spiro atoms. The summed E-state index contributed by atoms with van der Waals surface area (Å²) in [5.74, 6) is 1.77. The average molecular weight is 348 g/mol. The molecule has 5 heteroatoms. The smallest absolute Gasteiger partial charge is 0.257 e. The standard InChI is InChI=1S/C21H20N2O3/c1-14-6-4-5-7-17(14)21(24)23-20-11-8-15(13-22-20)18-12-16(25-2)9-10-19(18)26-3/h4-13H,1-3H3,(H,22,23,24). The number of pyridine rings is 1. The summed E-state index contributed by atoms with van der Waals surface area (Å²) < 4.78 is 10.7. The first-order chi connectivity index (χ1) is 12.6. The van der Waals surface area contributed by atoms with Gasteiger partial charge in [0, 0.05) is 22.9 Å². The summed E-state index contributed by atoms with van der Waals surface area (Å²) in [7, 11) is 3.24. The van der Waals surface area contributed by atoms with Crippen LogP contribution in [0.25, 0.3) is 11.1 Å². The monoisotopic (exact) mass is 348 g/mol. The fourth-order valence-corrected chi connectivity index (χ4v) is 2.68. The van der Waals surface area contributed by atoms with Crippen LogP contribution >= 0.6 is 0 Å². The third-order valence-corrected chi connectivity index (χ3v) is 4.11. The average Bonchev–Trinajstić information content (AvgIpc) is 2.68. The molecule has 132 valence electrons. The zero-order valence-electron chi connectivity index (χ0n) is 14.9. The Morgan fingerprint density at radius 2 is 1.81 bits per heavy atom. The number of nitrogens with zero attached hydrogens (tertiary/aromatic N) is 1. The minimum atomic E-state index is -0.178. The van der Waals surface area contributed by atoms with Gasteiger partial charge in [0.15, 0.2) is 0 Å². The van der Waals surface area contributed by atoms with Crippen LogP contribution in [0.3, 0.4) is 0 Å². The van der Waals surface area contributed by atoms with Crippen molar-refractivity contribution in [3.63, 3.8) is 0 Å². The van der Waals surface area contributed by atoms with Crippen LogP contribution in [-0.4, -0.2) is 25.1 Å². The summed E-state index contributed by atoms with van der Waals surface area (Å²) in [5.41, 5.74) is 3.29. The minimum Gasteiger partial charge on any atom is -0.497 e. The summed E-state index contributed by atoms with van der Waals surface area (Å²) in [6.45, 7) is 1.90. The number of hydrogen-bond acceptors (Lipinski definition) is 4. The van der Waals surface area contributed by atoms with Gasteiger partial charge in [-0.25, -0.2) is 4.98 Å². The topological polar surface area (TPSA) is 60.5 Å². The molecule has 0 fully saturated rings. The first-order valence-electron chi connectivity index (χ1n) is 8.18. The van der Waals surface area contributed by atoms with E-state index in [0.717, 1.165) is 28.2 Å². The van der Waals surface area contributed by atoms with Gasteiger partial charge in [0.05, 0.1) is 14.2 Å². The van der Waals surface area contributed by atoms with Crippen LogP contribution in [0.1, 0.15) is 15.9 Å². The van der Waals surface area contributed by atoms with Crippen molar-refractivity contribution in [2.75, 3.05) is 19.5 Å². The molecule has 26 heavy (non-hydrogen) atoms. The van der Waals surface area contributed by atoms with Gasteiger partial charge in [0.25, 0.3) is 5.91 Å². The van der Waals surface area contributed by atoms with Crippen LogP contribution < -0.4 is 14.8 Å². The normalized spacial score (nSPS) is 10.3.